The number of rotatable bonds is 8. The van der Waals surface area contributed by atoms with Crippen LogP contribution in [0.4, 0.5) is 11.4 Å². The van der Waals surface area contributed by atoms with Gasteiger partial charge in [-0.15, -0.1) is 0 Å². The van der Waals surface area contributed by atoms with Crippen LogP contribution in [-0.4, -0.2) is 30.9 Å². The zero-order valence-corrected chi connectivity index (χ0v) is 17.5. The van der Waals surface area contributed by atoms with Crippen LogP contribution in [0.2, 0.25) is 0 Å². The highest BCUT2D eigenvalue weighted by atomic mass is 16.5. The molecule has 6 heteroatoms. The summed E-state index contributed by atoms with van der Waals surface area (Å²) in [6.07, 6.45) is 3.14. The Morgan fingerprint density at radius 2 is 1.83 bits per heavy atom. The van der Waals surface area contributed by atoms with Gasteiger partial charge in [0.2, 0.25) is 11.8 Å². The van der Waals surface area contributed by atoms with Gasteiger partial charge in [-0.1, -0.05) is 38.0 Å². The van der Waals surface area contributed by atoms with Gasteiger partial charge in [-0.3, -0.25) is 9.59 Å². The smallest absolute Gasteiger partial charge is 0.338 e. The summed E-state index contributed by atoms with van der Waals surface area (Å²) in [4.78, 5) is 38.8. The standard InChI is InChI=1S/C24H28N2O4/c1-3-4-7-14-30-24(29)18-10-12-20(13-11-18)25-23(28)19-15-22(27)26(16-19)21-9-6-5-8-17(21)2/h5-6,8-13,19H,3-4,7,14-16H2,1-2H3,(H,25,28)/t19-/m1/s1. The van der Waals surface area contributed by atoms with E-state index >= 15 is 0 Å². The minimum Gasteiger partial charge on any atom is -0.462 e. The number of carbonyl (C=O) groups excluding carboxylic acids is 3. The highest BCUT2D eigenvalue weighted by Gasteiger charge is 2.35. The summed E-state index contributed by atoms with van der Waals surface area (Å²) in [7, 11) is 0. The second kappa shape index (κ2) is 10.1. The summed E-state index contributed by atoms with van der Waals surface area (Å²) < 4.78 is 5.24. The minimum atomic E-state index is -0.416. The molecular formula is C24H28N2O4. The van der Waals surface area contributed by atoms with Crippen molar-refractivity contribution in [1.29, 1.82) is 0 Å². The van der Waals surface area contributed by atoms with Gasteiger partial charge in [-0.25, -0.2) is 4.79 Å². The highest BCUT2D eigenvalue weighted by molar-refractivity contribution is 6.04. The van der Waals surface area contributed by atoms with Gasteiger partial charge in [0.25, 0.3) is 0 Å². The summed E-state index contributed by atoms with van der Waals surface area (Å²) in [6, 6.07) is 14.3. The topological polar surface area (TPSA) is 75.7 Å². The molecule has 6 nitrogen and oxygen atoms in total. The number of benzene rings is 2. The SMILES string of the molecule is CCCCCOC(=O)c1ccc(NC(=O)[C@@H]2CC(=O)N(c3ccccc3C)C2)cc1. The fourth-order valence-electron chi connectivity index (χ4n) is 3.52. The number of carbonyl (C=O) groups is 3. The van der Waals surface area contributed by atoms with Gasteiger partial charge >= 0.3 is 5.97 Å². The van der Waals surface area contributed by atoms with Crippen LogP contribution in [0.15, 0.2) is 48.5 Å². The Hall–Kier alpha value is -3.15. The van der Waals surface area contributed by atoms with E-state index in [1.54, 1.807) is 29.2 Å². The zero-order valence-electron chi connectivity index (χ0n) is 17.5. The van der Waals surface area contributed by atoms with Crippen molar-refractivity contribution in [3.8, 4) is 0 Å². The molecule has 0 radical (unpaired) electrons. The number of anilines is 2. The Bertz CT molecular complexity index is 908. The van der Waals surface area contributed by atoms with Crippen LogP contribution in [0.5, 0.6) is 0 Å². The molecule has 2 aromatic carbocycles. The van der Waals surface area contributed by atoms with Crippen LogP contribution in [0.25, 0.3) is 0 Å². The molecule has 0 aliphatic carbocycles. The van der Waals surface area contributed by atoms with E-state index in [9.17, 15) is 14.4 Å². The van der Waals surface area contributed by atoms with E-state index in [0.29, 0.717) is 24.4 Å². The Balaban J connectivity index is 1.55. The summed E-state index contributed by atoms with van der Waals surface area (Å²) in [5.74, 6) is -1.03. The van der Waals surface area contributed by atoms with E-state index in [0.717, 1.165) is 30.5 Å². The zero-order chi connectivity index (χ0) is 21.5. The molecular weight excluding hydrogens is 380 g/mol. The third-order valence-electron chi connectivity index (χ3n) is 5.27. The molecule has 0 spiro atoms. The van der Waals surface area contributed by atoms with E-state index in [1.165, 1.54) is 0 Å². The Kier molecular flexibility index (Phi) is 7.22. The molecule has 1 N–H and O–H groups in total. The van der Waals surface area contributed by atoms with E-state index in [4.69, 9.17) is 4.74 Å². The van der Waals surface area contributed by atoms with E-state index in [1.807, 2.05) is 31.2 Å². The Morgan fingerprint density at radius 3 is 2.53 bits per heavy atom. The van der Waals surface area contributed by atoms with Crippen molar-refractivity contribution in [1.82, 2.24) is 0 Å². The number of aryl methyl sites for hydroxylation is 1. The Morgan fingerprint density at radius 1 is 1.10 bits per heavy atom. The predicted octanol–water partition coefficient (Wildman–Crippen LogP) is 4.33. The first-order valence-electron chi connectivity index (χ1n) is 10.4. The molecule has 158 valence electrons. The van der Waals surface area contributed by atoms with Crippen LogP contribution < -0.4 is 10.2 Å². The van der Waals surface area contributed by atoms with Crippen molar-refractivity contribution in [2.75, 3.05) is 23.4 Å². The lowest BCUT2D eigenvalue weighted by Gasteiger charge is -2.19. The maximum atomic E-state index is 12.7. The average Bonchev–Trinajstić information content (AvgIpc) is 3.13. The van der Waals surface area contributed by atoms with Crippen molar-refractivity contribution in [2.45, 2.75) is 39.5 Å². The molecule has 0 aromatic heterocycles. The molecule has 2 amide bonds. The Labute approximate surface area is 177 Å². The summed E-state index contributed by atoms with van der Waals surface area (Å²) in [5, 5.41) is 2.85. The number of hydrogen-bond donors (Lipinski definition) is 1. The fraction of sp³-hybridized carbons (Fsp3) is 0.375. The normalized spacial score (nSPS) is 15.9. The van der Waals surface area contributed by atoms with Gasteiger partial charge in [0, 0.05) is 24.3 Å². The van der Waals surface area contributed by atoms with Gasteiger partial charge in [0.1, 0.15) is 0 Å². The highest BCUT2D eigenvalue weighted by Crippen LogP contribution is 2.28. The van der Waals surface area contributed by atoms with E-state index in [2.05, 4.69) is 12.2 Å². The quantitative estimate of drug-likeness (QED) is 0.521. The van der Waals surface area contributed by atoms with Crippen molar-refractivity contribution in [2.24, 2.45) is 5.92 Å². The molecule has 1 atom stereocenters. The van der Waals surface area contributed by atoms with Crippen LogP contribution in [0.1, 0.15) is 48.5 Å². The first kappa shape index (κ1) is 21.6. The average molecular weight is 408 g/mol. The van der Waals surface area contributed by atoms with Gasteiger partial charge in [0.05, 0.1) is 18.1 Å². The lowest BCUT2D eigenvalue weighted by molar-refractivity contribution is -0.122. The van der Waals surface area contributed by atoms with Crippen LogP contribution >= 0.6 is 0 Å². The summed E-state index contributed by atoms with van der Waals surface area (Å²) in [5.41, 5.74) is 2.89. The molecule has 0 bridgehead atoms. The van der Waals surface area contributed by atoms with Crippen LogP contribution in [0.3, 0.4) is 0 Å². The number of esters is 1. The lowest BCUT2D eigenvalue weighted by Crippen LogP contribution is -2.28. The first-order chi connectivity index (χ1) is 14.5. The molecule has 0 unspecified atom stereocenters. The van der Waals surface area contributed by atoms with Gasteiger partial charge < -0.3 is 15.0 Å². The van der Waals surface area contributed by atoms with Crippen LogP contribution in [-0.2, 0) is 14.3 Å². The van der Waals surface area contributed by atoms with Gasteiger partial charge in [0.15, 0.2) is 0 Å². The summed E-state index contributed by atoms with van der Waals surface area (Å²) in [6.45, 7) is 4.82. The van der Waals surface area contributed by atoms with Crippen molar-refractivity contribution in [3.63, 3.8) is 0 Å². The molecule has 1 aliphatic rings. The molecule has 0 saturated carbocycles. The molecule has 1 heterocycles. The lowest BCUT2D eigenvalue weighted by atomic mass is 10.1. The second-order valence-electron chi connectivity index (χ2n) is 7.60. The van der Waals surface area contributed by atoms with Crippen molar-refractivity contribution < 1.29 is 19.1 Å². The van der Waals surface area contributed by atoms with E-state index in [-0.39, 0.29) is 24.2 Å². The summed E-state index contributed by atoms with van der Waals surface area (Å²) >= 11 is 0. The van der Waals surface area contributed by atoms with E-state index < -0.39 is 5.92 Å². The predicted molar refractivity (Wildman–Crippen MR) is 117 cm³/mol. The maximum absolute atomic E-state index is 12.7. The molecule has 3 rings (SSSR count). The largest absolute Gasteiger partial charge is 0.462 e. The first-order valence-corrected chi connectivity index (χ1v) is 10.4. The number of amides is 2. The van der Waals surface area contributed by atoms with Crippen molar-refractivity contribution >= 4 is 29.2 Å². The number of nitrogens with one attached hydrogen (secondary N) is 1. The van der Waals surface area contributed by atoms with Crippen LogP contribution in [0, 0.1) is 12.8 Å². The molecule has 1 fully saturated rings. The molecule has 2 aromatic rings. The number of nitrogens with zero attached hydrogens (tertiary/aromatic N) is 1. The number of hydrogen-bond acceptors (Lipinski definition) is 4. The van der Waals surface area contributed by atoms with Gasteiger partial charge in [-0.2, -0.15) is 0 Å². The third kappa shape index (κ3) is 5.26. The minimum absolute atomic E-state index is 0.0504. The molecule has 30 heavy (non-hydrogen) atoms. The second-order valence-corrected chi connectivity index (χ2v) is 7.60. The number of unbranched alkanes of at least 4 members (excludes halogenated alkanes) is 2. The molecule has 1 saturated heterocycles. The monoisotopic (exact) mass is 408 g/mol. The fourth-order valence-corrected chi connectivity index (χ4v) is 3.52. The number of para-hydroxylation sites is 1. The maximum Gasteiger partial charge on any atom is 0.338 e. The van der Waals surface area contributed by atoms with Gasteiger partial charge in [-0.05, 0) is 49.2 Å². The molecule has 1 aliphatic heterocycles. The van der Waals surface area contributed by atoms with Crippen molar-refractivity contribution in [3.05, 3.63) is 59.7 Å². The number of ether oxygens (including phenoxy) is 1. The third-order valence-corrected chi connectivity index (χ3v) is 5.27.